The predicted octanol–water partition coefficient (Wildman–Crippen LogP) is -2.14. The normalized spacial score (nSPS) is 10.6. The number of unbranched alkanes of at least 4 members (excludes halogenated alkanes) is 2. The van der Waals surface area contributed by atoms with Crippen LogP contribution in [0.2, 0.25) is 8.87 Å². The van der Waals surface area contributed by atoms with E-state index in [1.165, 1.54) is 14.2 Å². The molecule has 0 amide bonds. The van der Waals surface area contributed by atoms with E-state index in [1.54, 1.807) is 0 Å². The molecule has 0 aliphatic rings. The molecule has 0 saturated carbocycles. The van der Waals surface area contributed by atoms with Gasteiger partial charge in [0.15, 0.2) is 0 Å². The zero-order valence-corrected chi connectivity index (χ0v) is 24.5. The Hall–Kier alpha value is -2.90. The maximum absolute atomic E-state index is 10.7. The van der Waals surface area contributed by atoms with Gasteiger partial charge >= 0.3 is 88.1 Å². The second-order valence-electron chi connectivity index (χ2n) is 7.16. The summed E-state index contributed by atoms with van der Waals surface area (Å²) in [6.45, 7) is 3.76. The van der Waals surface area contributed by atoms with E-state index in [9.17, 15) is 49.2 Å². The average Bonchev–Trinajstić information content (AvgIpc) is 2.83. The SMILES string of the molecule is CCCC/C(=C/C(=O)[O-])C(=O)[O-].CCCC/C(=C/C(=O)[O-])C(=O)[O-].COC(=O)C[CH2][Sn+4][CH2]CC(=O)OC. The fraction of sp³-hybridized carbons (Fsp3) is 0.583. The molecule has 6 radical (unpaired) electrons. The van der Waals surface area contributed by atoms with Crippen molar-refractivity contribution in [1.82, 2.24) is 0 Å². The summed E-state index contributed by atoms with van der Waals surface area (Å²) >= 11 is -0.551. The van der Waals surface area contributed by atoms with Gasteiger partial charge < -0.3 is 39.6 Å². The molecule has 12 nitrogen and oxygen atoms in total. The van der Waals surface area contributed by atoms with E-state index in [1.807, 2.05) is 13.8 Å². The Labute approximate surface area is 226 Å². The molecular weight excluding hydrogens is 599 g/mol. The number of hydrogen-bond acceptors (Lipinski definition) is 12. The number of methoxy groups -OCH3 is 2. The number of ether oxygens (including phenoxy) is 2. The fourth-order valence-corrected chi connectivity index (χ4v) is 5.08. The molecule has 206 valence electrons. The molecule has 0 aromatic rings. The first kappa shape index (κ1) is 38.6. The third-order valence-electron chi connectivity index (χ3n) is 4.18. The number of carboxylic acids is 4. The van der Waals surface area contributed by atoms with Crippen LogP contribution in [0.5, 0.6) is 0 Å². The molecule has 0 rings (SSSR count). The number of carbonyl (C=O) groups is 6. The third-order valence-corrected chi connectivity index (χ3v) is 7.62. The van der Waals surface area contributed by atoms with Crippen molar-refractivity contribution in [2.24, 2.45) is 0 Å². The molecule has 0 atom stereocenters. The summed E-state index contributed by atoms with van der Waals surface area (Å²) < 4.78 is 10.9. The standard InChI is InChI=1S/2C8H12O4.2C4H7O2.Sn/c2*1-2-3-4-6(8(11)12)5-7(9)10;2*1-3-4(5)6-2;/h2*5H,2-4H2,1H3,(H,9,10)(H,11,12);2*1,3H2,2H3;/q;;;;+4/p-4/b2*6-5-;;;. The monoisotopic (exact) mass is 634 g/mol. The Morgan fingerprint density at radius 1 is 0.622 bits per heavy atom. The van der Waals surface area contributed by atoms with Crippen LogP contribution in [0, 0.1) is 0 Å². The fourth-order valence-electron chi connectivity index (χ4n) is 2.20. The van der Waals surface area contributed by atoms with Gasteiger partial charge in [0.05, 0.1) is 23.9 Å². The van der Waals surface area contributed by atoms with Crippen LogP contribution >= 0.6 is 0 Å². The van der Waals surface area contributed by atoms with Gasteiger partial charge in [0.2, 0.25) is 0 Å². The maximum atomic E-state index is 10.7. The van der Waals surface area contributed by atoms with Crippen molar-refractivity contribution in [3.63, 3.8) is 0 Å². The Balaban J connectivity index is -0.000000469. The number of aliphatic carboxylic acids is 4. The Morgan fingerprint density at radius 3 is 1.16 bits per heavy atom. The molecule has 0 bridgehead atoms. The Kier molecular flexibility index (Phi) is 27.3. The predicted molar refractivity (Wildman–Crippen MR) is 124 cm³/mol. The van der Waals surface area contributed by atoms with Gasteiger partial charge in [-0.15, -0.1) is 0 Å². The molecule has 37 heavy (non-hydrogen) atoms. The first-order valence-electron chi connectivity index (χ1n) is 11.5. The molecule has 0 aromatic heterocycles. The van der Waals surface area contributed by atoms with Crippen molar-refractivity contribution >= 4 is 57.0 Å². The Morgan fingerprint density at radius 2 is 0.946 bits per heavy atom. The average molecular weight is 633 g/mol. The molecule has 0 unspecified atom stereocenters. The molecule has 0 heterocycles. The van der Waals surface area contributed by atoms with E-state index in [4.69, 9.17) is 0 Å². The third kappa shape index (κ3) is 29.2. The van der Waals surface area contributed by atoms with Crippen molar-refractivity contribution in [1.29, 1.82) is 0 Å². The summed E-state index contributed by atoms with van der Waals surface area (Å²) in [5, 5.41) is 40.5. The van der Waals surface area contributed by atoms with Gasteiger partial charge in [-0.2, -0.15) is 0 Å². The zero-order valence-electron chi connectivity index (χ0n) is 21.6. The van der Waals surface area contributed by atoms with E-state index in [-0.39, 0.29) is 35.9 Å². The molecular formula is C24H34O12Sn. The summed E-state index contributed by atoms with van der Waals surface area (Å²) in [5.41, 5.74) is -0.422. The van der Waals surface area contributed by atoms with Gasteiger partial charge in [0.25, 0.3) is 0 Å². The van der Waals surface area contributed by atoms with Crippen LogP contribution in [0.3, 0.4) is 0 Å². The number of carboxylic acid groups (broad SMARTS) is 4. The van der Waals surface area contributed by atoms with Crippen molar-refractivity contribution in [2.45, 2.75) is 74.1 Å². The van der Waals surface area contributed by atoms with E-state index in [2.05, 4.69) is 9.47 Å². The topological polar surface area (TPSA) is 213 Å². The van der Waals surface area contributed by atoms with Crippen LogP contribution in [0.15, 0.2) is 23.3 Å². The van der Waals surface area contributed by atoms with Crippen LogP contribution in [0.4, 0.5) is 0 Å². The molecule has 0 aromatic carbocycles. The molecule has 0 N–H and O–H groups in total. The van der Waals surface area contributed by atoms with Gasteiger partial charge in [-0.3, -0.25) is 0 Å². The summed E-state index contributed by atoms with van der Waals surface area (Å²) in [6, 6.07) is 0. The van der Waals surface area contributed by atoms with Crippen LogP contribution in [-0.2, 0) is 38.2 Å². The van der Waals surface area contributed by atoms with Crippen molar-refractivity contribution in [3.05, 3.63) is 23.3 Å². The zero-order chi connectivity index (χ0) is 29.2. The molecule has 0 fully saturated rings. The minimum absolute atomic E-state index is 0.154. The van der Waals surface area contributed by atoms with Crippen molar-refractivity contribution < 1.29 is 58.7 Å². The van der Waals surface area contributed by atoms with Crippen LogP contribution in [0.25, 0.3) is 0 Å². The molecule has 0 spiro atoms. The van der Waals surface area contributed by atoms with Crippen molar-refractivity contribution in [2.75, 3.05) is 14.2 Å². The first-order chi connectivity index (χ1) is 17.4. The number of hydrogen-bond donors (Lipinski definition) is 0. The van der Waals surface area contributed by atoms with Gasteiger partial charge in [-0.1, -0.05) is 26.7 Å². The summed E-state index contributed by atoms with van der Waals surface area (Å²) in [4.78, 5) is 61.9. The second kappa shape index (κ2) is 26.2. The molecule has 0 aliphatic heterocycles. The second-order valence-corrected chi connectivity index (χ2v) is 11.4. The van der Waals surface area contributed by atoms with Crippen LogP contribution in [-0.4, -0.2) is 71.2 Å². The van der Waals surface area contributed by atoms with E-state index >= 15 is 0 Å². The van der Waals surface area contributed by atoms with Gasteiger partial charge in [-0.25, -0.2) is 0 Å². The quantitative estimate of drug-likeness (QED) is 0.0771. The Bertz CT molecular complexity index is 723. The van der Waals surface area contributed by atoms with Gasteiger partial charge in [0.1, 0.15) is 0 Å². The summed E-state index contributed by atoms with van der Waals surface area (Å²) in [5.74, 6) is -6.17. The number of rotatable bonds is 16. The molecule has 0 aliphatic carbocycles. The van der Waals surface area contributed by atoms with E-state index in [0.29, 0.717) is 37.8 Å². The summed E-state index contributed by atoms with van der Waals surface area (Å²) in [7, 11) is 2.78. The van der Waals surface area contributed by atoms with Crippen LogP contribution in [0.1, 0.15) is 65.2 Å². The van der Waals surface area contributed by atoms with E-state index in [0.717, 1.165) is 21.7 Å². The minimum atomic E-state index is -1.50. The number of carbonyl (C=O) groups excluding carboxylic acids is 6. The molecule has 0 saturated heterocycles. The van der Waals surface area contributed by atoms with Crippen molar-refractivity contribution in [3.8, 4) is 0 Å². The van der Waals surface area contributed by atoms with Gasteiger partial charge in [-0.05, 0) is 49.0 Å². The number of esters is 2. The molecule has 13 heteroatoms. The van der Waals surface area contributed by atoms with Gasteiger partial charge in [0, 0.05) is 0 Å². The van der Waals surface area contributed by atoms with Crippen LogP contribution < -0.4 is 20.4 Å². The van der Waals surface area contributed by atoms with E-state index < -0.39 is 45.0 Å². The summed E-state index contributed by atoms with van der Waals surface area (Å²) in [6.07, 6.45) is 5.46. The first-order valence-corrected chi connectivity index (χ1v) is 15.5.